The second kappa shape index (κ2) is 6.24. The van der Waals surface area contributed by atoms with Gasteiger partial charge in [-0.2, -0.15) is 5.10 Å². The first-order chi connectivity index (χ1) is 7.67. The summed E-state index contributed by atoms with van der Waals surface area (Å²) in [5.74, 6) is 0.205. The summed E-state index contributed by atoms with van der Waals surface area (Å²) in [5, 5.41) is 9.43. The molecule has 1 aromatic heterocycles. The van der Waals surface area contributed by atoms with Crippen molar-refractivity contribution in [2.24, 2.45) is 5.73 Å². The van der Waals surface area contributed by atoms with Gasteiger partial charge in [0.2, 0.25) is 5.91 Å². The van der Waals surface area contributed by atoms with Gasteiger partial charge in [0.1, 0.15) is 6.04 Å². The number of carbonyl (C=O) groups is 1. The summed E-state index contributed by atoms with van der Waals surface area (Å²) >= 11 is 0. The van der Waals surface area contributed by atoms with E-state index in [1.807, 2.05) is 0 Å². The van der Waals surface area contributed by atoms with Crippen molar-refractivity contribution in [1.82, 2.24) is 10.2 Å². The highest BCUT2D eigenvalue weighted by atomic mass is 16.5. The molecule has 90 valence electrons. The lowest BCUT2D eigenvalue weighted by Crippen LogP contribution is -2.39. The van der Waals surface area contributed by atoms with Gasteiger partial charge in [0, 0.05) is 18.9 Å². The van der Waals surface area contributed by atoms with Gasteiger partial charge >= 0.3 is 0 Å². The smallest absolute Gasteiger partial charge is 0.244 e. The molecule has 1 amide bonds. The number of aromatic amines is 1. The normalized spacial score (nSPS) is 12.4. The summed E-state index contributed by atoms with van der Waals surface area (Å²) in [5.41, 5.74) is 6.56. The number of aryl methyl sites for hydroxylation is 1. The Kier molecular flexibility index (Phi) is 4.94. The monoisotopic (exact) mass is 226 g/mol. The number of carbonyl (C=O) groups excluding carboxylic acids is 1. The third-order valence-corrected chi connectivity index (χ3v) is 2.08. The maximum atomic E-state index is 11.5. The predicted molar refractivity (Wildman–Crippen MR) is 61.1 cm³/mol. The summed E-state index contributed by atoms with van der Waals surface area (Å²) in [6.45, 7) is 2.27. The van der Waals surface area contributed by atoms with Crippen LogP contribution >= 0.6 is 0 Å². The van der Waals surface area contributed by atoms with E-state index < -0.39 is 6.04 Å². The van der Waals surface area contributed by atoms with Crippen LogP contribution in [0.15, 0.2) is 6.07 Å². The first-order valence-corrected chi connectivity index (χ1v) is 5.27. The molecule has 0 saturated carbocycles. The molecule has 0 saturated heterocycles. The molecule has 4 N–H and O–H groups in total. The number of hydrogen-bond donors (Lipinski definition) is 3. The van der Waals surface area contributed by atoms with Crippen LogP contribution in [0.4, 0.5) is 5.82 Å². The lowest BCUT2D eigenvalue weighted by Gasteiger charge is -2.08. The predicted octanol–water partition coefficient (Wildman–Crippen LogP) is 0.274. The van der Waals surface area contributed by atoms with Crippen LogP contribution in [-0.2, 0) is 16.0 Å². The number of H-pyrrole nitrogens is 1. The number of nitrogens with zero attached hydrogens (tertiary/aromatic N) is 1. The Labute approximate surface area is 94.5 Å². The molecule has 0 fully saturated rings. The van der Waals surface area contributed by atoms with E-state index in [-0.39, 0.29) is 12.5 Å². The standard InChI is InChI=1S/C10H18N4O2/c1-3-4-7-5-9(14-13-7)12-10(15)8(11)6-16-2/h5,8H,3-4,6,11H2,1-2H3,(H2,12,13,14,15). The summed E-state index contributed by atoms with van der Waals surface area (Å²) in [6, 6.07) is 1.14. The number of anilines is 1. The zero-order chi connectivity index (χ0) is 12.0. The van der Waals surface area contributed by atoms with Crippen molar-refractivity contribution < 1.29 is 9.53 Å². The zero-order valence-corrected chi connectivity index (χ0v) is 9.62. The molecule has 0 aliphatic carbocycles. The fourth-order valence-electron chi connectivity index (χ4n) is 1.30. The molecular formula is C10H18N4O2. The highest BCUT2D eigenvalue weighted by Crippen LogP contribution is 2.07. The zero-order valence-electron chi connectivity index (χ0n) is 9.62. The number of hydrogen-bond acceptors (Lipinski definition) is 4. The van der Waals surface area contributed by atoms with E-state index in [4.69, 9.17) is 10.5 Å². The number of nitrogens with one attached hydrogen (secondary N) is 2. The van der Waals surface area contributed by atoms with Crippen LogP contribution < -0.4 is 11.1 Å². The summed E-state index contributed by atoms with van der Waals surface area (Å²) in [6.07, 6.45) is 1.94. The number of methoxy groups -OCH3 is 1. The van der Waals surface area contributed by atoms with Crippen molar-refractivity contribution in [2.75, 3.05) is 19.0 Å². The van der Waals surface area contributed by atoms with Gasteiger partial charge in [-0.25, -0.2) is 0 Å². The molecule has 0 aliphatic rings. The number of ether oxygens (including phenoxy) is 1. The topological polar surface area (TPSA) is 93.0 Å². The van der Waals surface area contributed by atoms with Crippen molar-refractivity contribution in [2.45, 2.75) is 25.8 Å². The molecule has 1 rings (SSSR count). The van der Waals surface area contributed by atoms with Crippen LogP contribution in [-0.4, -0.2) is 35.9 Å². The van der Waals surface area contributed by atoms with Gasteiger partial charge in [0.15, 0.2) is 5.82 Å². The van der Waals surface area contributed by atoms with E-state index >= 15 is 0 Å². The van der Waals surface area contributed by atoms with Gasteiger partial charge in [0.05, 0.1) is 6.61 Å². The maximum Gasteiger partial charge on any atom is 0.244 e. The van der Waals surface area contributed by atoms with Crippen LogP contribution in [0.2, 0.25) is 0 Å². The molecule has 0 aliphatic heterocycles. The van der Waals surface area contributed by atoms with Crippen LogP contribution in [0.25, 0.3) is 0 Å². The molecule has 6 nitrogen and oxygen atoms in total. The van der Waals surface area contributed by atoms with E-state index in [1.165, 1.54) is 7.11 Å². The van der Waals surface area contributed by atoms with Gasteiger partial charge < -0.3 is 15.8 Å². The van der Waals surface area contributed by atoms with Crippen LogP contribution in [0, 0.1) is 0 Å². The minimum Gasteiger partial charge on any atom is -0.383 e. The fourth-order valence-corrected chi connectivity index (χ4v) is 1.30. The van der Waals surface area contributed by atoms with Crippen molar-refractivity contribution in [1.29, 1.82) is 0 Å². The largest absolute Gasteiger partial charge is 0.383 e. The van der Waals surface area contributed by atoms with Gasteiger partial charge in [-0.1, -0.05) is 13.3 Å². The highest BCUT2D eigenvalue weighted by molar-refractivity contribution is 5.93. The van der Waals surface area contributed by atoms with Crippen molar-refractivity contribution in [3.05, 3.63) is 11.8 Å². The average Bonchev–Trinajstić information content (AvgIpc) is 2.66. The third kappa shape index (κ3) is 3.63. The molecule has 1 aromatic rings. The third-order valence-electron chi connectivity index (χ3n) is 2.08. The number of rotatable bonds is 6. The fraction of sp³-hybridized carbons (Fsp3) is 0.600. The lowest BCUT2D eigenvalue weighted by molar-refractivity contribution is -0.118. The Morgan fingerprint density at radius 3 is 3.12 bits per heavy atom. The molecule has 0 bridgehead atoms. The molecule has 0 aromatic carbocycles. The molecule has 1 atom stereocenters. The SMILES string of the molecule is CCCc1cc(NC(=O)C(N)COC)n[nH]1. The number of nitrogens with two attached hydrogens (primary N) is 1. The minimum absolute atomic E-state index is 0.193. The van der Waals surface area contributed by atoms with Crippen molar-refractivity contribution in [3.8, 4) is 0 Å². The minimum atomic E-state index is -0.670. The summed E-state index contributed by atoms with van der Waals surface area (Å²) in [7, 11) is 1.50. The van der Waals surface area contributed by atoms with Gasteiger partial charge in [-0.3, -0.25) is 9.89 Å². The molecule has 1 unspecified atom stereocenters. The molecule has 0 spiro atoms. The second-order valence-corrected chi connectivity index (χ2v) is 3.58. The number of aromatic nitrogens is 2. The molecule has 16 heavy (non-hydrogen) atoms. The lowest BCUT2D eigenvalue weighted by atomic mass is 10.2. The summed E-state index contributed by atoms with van der Waals surface area (Å²) in [4.78, 5) is 11.5. The Morgan fingerprint density at radius 2 is 2.50 bits per heavy atom. The first kappa shape index (κ1) is 12.7. The quantitative estimate of drug-likeness (QED) is 0.649. The Hall–Kier alpha value is -1.40. The molecule has 1 heterocycles. The van der Waals surface area contributed by atoms with Crippen molar-refractivity contribution in [3.63, 3.8) is 0 Å². The Bertz CT molecular complexity index is 337. The molecule has 6 heteroatoms. The van der Waals surface area contributed by atoms with Gasteiger partial charge in [-0.15, -0.1) is 0 Å². The van der Waals surface area contributed by atoms with E-state index in [1.54, 1.807) is 6.07 Å². The van der Waals surface area contributed by atoms with Gasteiger partial charge in [-0.05, 0) is 6.42 Å². The van der Waals surface area contributed by atoms with E-state index in [0.29, 0.717) is 5.82 Å². The average molecular weight is 226 g/mol. The maximum absolute atomic E-state index is 11.5. The van der Waals surface area contributed by atoms with Crippen LogP contribution in [0.1, 0.15) is 19.0 Å². The first-order valence-electron chi connectivity index (χ1n) is 5.27. The Morgan fingerprint density at radius 1 is 1.75 bits per heavy atom. The second-order valence-electron chi connectivity index (χ2n) is 3.58. The Balaban J connectivity index is 2.49. The van der Waals surface area contributed by atoms with Crippen molar-refractivity contribution >= 4 is 11.7 Å². The molecular weight excluding hydrogens is 208 g/mol. The van der Waals surface area contributed by atoms with Crippen LogP contribution in [0.3, 0.4) is 0 Å². The number of amides is 1. The van der Waals surface area contributed by atoms with E-state index in [2.05, 4.69) is 22.4 Å². The van der Waals surface area contributed by atoms with Crippen LogP contribution in [0.5, 0.6) is 0 Å². The summed E-state index contributed by atoms with van der Waals surface area (Å²) < 4.78 is 4.79. The highest BCUT2D eigenvalue weighted by Gasteiger charge is 2.14. The van der Waals surface area contributed by atoms with Gasteiger partial charge in [0.25, 0.3) is 0 Å². The van der Waals surface area contributed by atoms with E-state index in [0.717, 1.165) is 18.5 Å². The molecule has 0 radical (unpaired) electrons. The van der Waals surface area contributed by atoms with E-state index in [9.17, 15) is 4.79 Å².